The Balaban J connectivity index is 0.000000135. The average Bonchev–Trinajstić information content (AvgIpc) is 1.63. The van der Waals surface area contributed by atoms with E-state index in [-0.39, 0.29) is 22.4 Å². The van der Waals surface area contributed by atoms with Crippen LogP contribution < -0.4 is 5.46 Å². The summed E-state index contributed by atoms with van der Waals surface area (Å²) in [6, 6.07) is 34.0. The molecule has 10 aromatic rings. The van der Waals surface area contributed by atoms with Crippen LogP contribution in [0.1, 0.15) is 117 Å². The van der Waals surface area contributed by atoms with Gasteiger partial charge in [-0.05, 0) is 148 Å². The van der Waals surface area contributed by atoms with Crippen LogP contribution >= 0.6 is 45.9 Å². The number of halogens is 2. The third kappa shape index (κ3) is 14.4. The number of benzene rings is 2. The molecule has 0 amide bonds. The normalized spacial score (nSPS) is 17.1. The van der Waals surface area contributed by atoms with Gasteiger partial charge in [0.1, 0.15) is 52.2 Å². The summed E-state index contributed by atoms with van der Waals surface area (Å²) in [5.74, 6) is 0.567. The van der Waals surface area contributed by atoms with Crippen molar-refractivity contribution in [3.05, 3.63) is 164 Å². The lowest BCUT2D eigenvalue weighted by Gasteiger charge is -2.32. The van der Waals surface area contributed by atoms with E-state index in [0.29, 0.717) is 28.0 Å². The van der Waals surface area contributed by atoms with Crippen molar-refractivity contribution < 1.29 is 27.9 Å². The van der Waals surface area contributed by atoms with Gasteiger partial charge in [0.05, 0.1) is 61.0 Å². The number of nitriles is 3. The van der Waals surface area contributed by atoms with E-state index in [1.807, 2.05) is 207 Å². The van der Waals surface area contributed by atoms with E-state index >= 15 is 0 Å². The summed E-state index contributed by atoms with van der Waals surface area (Å²) in [4.78, 5) is 21.4. The van der Waals surface area contributed by atoms with Crippen molar-refractivity contribution in [3.8, 4) is 40.7 Å². The number of nitrogens with zero attached hydrogens (tertiary/aromatic N) is 11. The van der Waals surface area contributed by atoms with Crippen LogP contribution in [0.2, 0.25) is 5.02 Å². The Morgan fingerprint density at radius 3 is 1.27 bits per heavy atom. The smallest absolute Gasteiger partial charge is 0.405 e. The zero-order valence-corrected chi connectivity index (χ0v) is 55.9. The van der Waals surface area contributed by atoms with Gasteiger partial charge in [0.2, 0.25) is 0 Å². The molecule has 3 aliphatic rings. The summed E-state index contributed by atoms with van der Waals surface area (Å²) in [7, 11) is 4.28. The van der Waals surface area contributed by atoms with Gasteiger partial charge >= 0.3 is 21.1 Å². The minimum Gasteiger partial charge on any atom is -0.405 e. The number of aryl methyl sites for hydroxylation is 3. The average molecular weight is 1270 g/mol. The first-order chi connectivity index (χ1) is 42.0. The maximum atomic E-state index is 9.23. The largest absolute Gasteiger partial charge is 0.495 e. The molecule has 0 saturated carbocycles. The second-order valence-corrected chi connectivity index (χ2v) is 27.0. The van der Waals surface area contributed by atoms with E-state index in [9.17, 15) is 10.5 Å². The van der Waals surface area contributed by atoms with E-state index < -0.39 is 32.3 Å². The predicted octanol–water partition coefficient (Wildman–Crippen LogP) is 13.8. The topological polar surface area (TPSA) is 206 Å². The molecular formula is C65H70B3Cl2N11O6S2. The Hall–Kier alpha value is -7.23. The van der Waals surface area contributed by atoms with Crippen molar-refractivity contribution >= 4 is 106 Å². The van der Waals surface area contributed by atoms with E-state index in [1.165, 1.54) is 5.56 Å². The second kappa shape index (κ2) is 26.3. The molecule has 0 radical (unpaired) electrons. The zero-order valence-electron chi connectivity index (χ0n) is 52.7. The van der Waals surface area contributed by atoms with Crippen LogP contribution in [0.3, 0.4) is 0 Å². The Bertz CT molecular complexity index is 4180. The molecule has 3 aliphatic heterocycles. The number of fused-ring (bicyclic) bond motifs is 3. The zero-order chi connectivity index (χ0) is 64.4. The quantitative estimate of drug-likeness (QED) is 0.108. The van der Waals surface area contributed by atoms with Crippen molar-refractivity contribution in [3.63, 3.8) is 0 Å². The minimum atomic E-state index is -0.491. The van der Waals surface area contributed by atoms with Crippen LogP contribution in [0.25, 0.3) is 55.6 Å². The standard InChI is InChI=1S/C19H14N4S.C15H18BN3O2.C12H24B2O4.C10H8ClNS.C9H6ClN3/c1-23-7-6-17-15(9-16(10-20)22-19(17)23)8-13-2-4-14(5-3-13)18-11-24-12-21-18;1-14(2)15(3,4)21-16(20-14)12-8-10(9-17)18-13-11(12)6-7-19(13)5;1-9(2)10(3,4)16-13(15-9)14-17-11(5,6)12(7,8)18-14;11-5-8-1-3-9(4-2-8)10-6-13-7-12-10;1-13-3-2-7-8(10)4-6(5-11)12-9(7)13/h2-7,9,11-12H,8H2,1H3;6-8H,1-5H3;1-8H3;1-4,6-7H,5H2;2-4H,1H3. The SMILES string of the molecule is CC1(C)OB(B2OC(C)(C)C(C)(C)O2)OC1(C)C.ClCc1ccc(-c2cscn2)cc1.Cn1ccc2c(B3OC(C)(C)C(C)(C)O3)cc(C#N)nc21.Cn1ccc2c(Cc3ccc(-c4cscn4)cc3)cc(C#N)nc21.Cn1ccc2c(Cl)cc(C#N)nc21. The van der Waals surface area contributed by atoms with Gasteiger partial charge in [-0.1, -0.05) is 60.1 Å². The first-order valence-electron chi connectivity index (χ1n) is 28.8. The Morgan fingerprint density at radius 1 is 0.483 bits per heavy atom. The van der Waals surface area contributed by atoms with Crippen LogP contribution in [0.15, 0.2) is 125 Å². The lowest BCUT2D eigenvalue weighted by Crippen LogP contribution is -2.41. The van der Waals surface area contributed by atoms with E-state index in [4.69, 9.17) is 56.4 Å². The van der Waals surface area contributed by atoms with Crippen molar-refractivity contribution in [2.75, 3.05) is 0 Å². The van der Waals surface area contributed by atoms with Gasteiger partial charge in [0.15, 0.2) is 0 Å². The van der Waals surface area contributed by atoms with Crippen LogP contribution in [0.5, 0.6) is 0 Å². The third-order valence-corrected chi connectivity index (χ3v) is 18.9. The summed E-state index contributed by atoms with van der Waals surface area (Å²) in [6.45, 7) is 24.3. The molecular weight excluding hydrogens is 1200 g/mol. The fourth-order valence-corrected chi connectivity index (χ4v) is 11.3. The number of hydrogen-bond acceptors (Lipinski definition) is 16. The van der Waals surface area contributed by atoms with Gasteiger partial charge in [-0.2, -0.15) is 15.8 Å². The molecule has 0 bridgehead atoms. The fraction of sp³-hybridized carbons (Fsp3) is 0.354. The number of hydrogen-bond donors (Lipinski definition) is 0. The molecule has 24 heteroatoms. The fourth-order valence-electron chi connectivity index (χ4n) is 9.72. The predicted molar refractivity (Wildman–Crippen MR) is 357 cm³/mol. The first-order valence-corrected chi connectivity index (χ1v) is 31.6. The number of rotatable bonds is 7. The van der Waals surface area contributed by atoms with Crippen LogP contribution in [0.4, 0.5) is 0 Å². The van der Waals surface area contributed by atoms with Crippen molar-refractivity contribution in [1.82, 2.24) is 38.6 Å². The molecule has 456 valence electrons. The molecule has 89 heavy (non-hydrogen) atoms. The van der Waals surface area contributed by atoms with Gasteiger partial charge in [-0.25, -0.2) is 24.9 Å². The molecule has 2 aromatic carbocycles. The minimum absolute atomic E-state index is 0.347. The van der Waals surface area contributed by atoms with E-state index in [0.717, 1.165) is 78.6 Å². The van der Waals surface area contributed by atoms with Gasteiger partial charge in [0, 0.05) is 83.7 Å². The van der Waals surface area contributed by atoms with Gasteiger partial charge in [-0.3, -0.25) is 0 Å². The monoisotopic (exact) mass is 1270 g/mol. The Labute approximate surface area is 539 Å². The molecule has 3 saturated heterocycles. The third-order valence-electron chi connectivity index (χ3n) is 17.1. The highest BCUT2D eigenvalue weighted by Gasteiger charge is 2.64. The second-order valence-electron chi connectivity index (χ2n) is 24.9. The lowest BCUT2D eigenvalue weighted by atomic mass is 9.49. The van der Waals surface area contributed by atoms with Gasteiger partial charge < -0.3 is 41.6 Å². The molecule has 0 aliphatic carbocycles. The molecule has 0 spiro atoms. The first kappa shape index (κ1) is 66.2. The summed E-state index contributed by atoms with van der Waals surface area (Å²) in [5, 5.41) is 34.7. The highest BCUT2D eigenvalue weighted by Crippen LogP contribution is 2.43. The van der Waals surface area contributed by atoms with Crippen molar-refractivity contribution in [1.29, 1.82) is 15.8 Å². The summed E-state index contributed by atoms with van der Waals surface area (Å²) < 4.78 is 41.7. The summed E-state index contributed by atoms with van der Waals surface area (Å²) in [6.07, 6.45) is 6.54. The molecule has 0 unspecified atom stereocenters. The number of thiazole rings is 2. The highest BCUT2D eigenvalue weighted by molar-refractivity contribution is 7.11. The van der Waals surface area contributed by atoms with Crippen molar-refractivity contribution in [2.45, 2.75) is 129 Å². The molecule has 13 rings (SSSR count). The molecule has 3 fully saturated rings. The van der Waals surface area contributed by atoms with Crippen molar-refractivity contribution in [2.24, 2.45) is 21.1 Å². The number of alkyl halides is 1. The molecule has 0 N–H and O–H groups in total. The highest BCUT2D eigenvalue weighted by atomic mass is 35.5. The Kier molecular flexibility index (Phi) is 19.6. The maximum absolute atomic E-state index is 9.23. The van der Waals surface area contributed by atoms with Crippen LogP contribution in [-0.4, -0.2) is 93.4 Å². The summed E-state index contributed by atoms with van der Waals surface area (Å²) >= 11 is 14.8. The maximum Gasteiger partial charge on any atom is 0.495 e. The summed E-state index contributed by atoms with van der Waals surface area (Å²) in [5.41, 5.74) is 13.6. The number of aromatic nitrogens is 8. The molecule has 17 nitrogen and oxygen atoms in total. The van der Waals surface area contributed by atoms with Gasteiger partial charge in [-0.15, -0.1) is 34.3 Å². The molecule has 8 aromatic heterocycles. The van der Waals surface area contributed by atoms with Crippen LogP contribution in [-0.2, 0) is 61.4 Å². The molecule has 11 heterocycles. The van der Waals surface area contributed by atoms with Crippen LogP contribution in [0, 0.1) is 34.0 Å². The lowest BCUT2D eigenvalue weighted by molar-refractivity contribution is 0.00578. The molecule has 0 atom stereocenters. The van der Waals surface area contributed by atoms with Gasteiger partial charge in [0.25, 0.3) is 0 Å². The van der Waals surface area contributed by atoms with E-state index in [2.05, 4.69) is 67.4 Å². The Morgan fingerprint density at radius 2 is 0.854 bits per heavy atom. The van der Waals surface area contributed by atoms with E-state index in [1.54, 1.807) is 34.8 Å². The number of pyridine rings is 3.